The number of fused-ring (bicyclic) bond motifs is 1. The second kappa shape index (κ2) is 7.49. The maximum absolute atomic E-state index is 14.2. The minimum atomic E-state index is -0.476. The van der Waals surface area contributed by atoms with Crippen molar-refractivity contribution in [2.24, 2.45) is 0 Å². The SMILES string of the molecule is CCc1ccc(C)[n+](Cc2cc(F)cc3c2O[C@@H](c2ccccc2)OC3)c1. The molecular weight excluding hydrogens is 341 g/mol. The summed E-state index contributed by atoms with van der Waals surface area (Å²) >= 11 is 0. The molecule has 0 unspecified atom stereocenters. The van der Waals surface area contributed by atoms with E-state index in [0.29, 0.717) is 13.2 Å². The summed E-state index contributed by atoms with van der Waals surface area (Å²) in [6.07, 6.45) is 2.61. The van der Waals surface area contributed by atoms with Crippen LogP contribution in [0.25, 0.3) is 0 Å². The molecule has 138 valence electrons. The number of aromatic nitrogens is 1. The number of nitrogens with zero attached hydrogens (tertiary/aromatic N) is 1. The van der Waals surface area contributed by atoms with Gasteiger partial charge < -0.3 is 9.47 Å². The first-order chi connectivity index (χ1) is 13.1. The molecule has 0 radical (unpaired) electrons. The molecular formula is C23H23FNO2+. The molecule has 1 aliphatic rings. The van der Waals surface area contributed by atoms with E-state index in [9.17, 15) is 4.39 Å². The molecule has 0 N–H and O–H groups in total. The number of halogens is 1. The molecule has 1 atom stereocenters. The molecule has 0 fully saturated rings. The van der Waals surface area contributed by atoms with Gasteiger partial charge in [0, 0.05) is 29.7 Å². The smallest absolute Gasteiger partial charge is 0.227 e. The van der Waals surface area contributed by atoms with Gasteiger partial charge in [-0.1, -0.05) is 37.3 Å². The topological polar surface area (TPSA) is 22.3 Å². The molecule has 27 heavy (non-hydrogen) atoms. The van der Waals surface area contributed by atoms with E-state index in [0.717, 1.165) is 34.6 Å². The van der Waals surface area contributed by atoms with Crippen LogP contribution in [0.4, 0.5) is 4.39 Å². The van der Waals surface area contributed by atoms with Crippen LogP contribution >= 0.6 is 0 Å². The molecule has 0 amide bonds. The van der Waals surface area contributed by atoms with Crippen LogP contribution < -0.4 is 9.30 Å². The van der Waals surface area contributed by atoms with E-state index in [2.05, 4.69) is 36.7 Å². The van der Waals surface area contributed by atoms with E-state index in [-0.39, 0.29) is 5.82 Å². The van der Waals surface area contributed by atoms with Crippen LogP contribution in [0, 0.1) is 12.7 Å². The average molecular weight is 364 g/mol. The summed E-state index contributed by atoms with van der Waals surface area (Å²) in [7, 11) is 0. The van der Waals surface area contributed by atoms with Crippen molar-refractivity contribution in [2.45, 2.75) is 39.7 Å². The lowest BCUT2D eigenvalue weighted by Gasteiger charge is -2.28. The number of rotatable bonds is 4. The Morgan fingerprint density at radius 3 is 2.70 bits per heavy atom. The molecule has 0 saturated carbocycles. The van der Waals surface area contributed by atoms with E-state index >= 15 is 0 Å². The van der Waals surface area contributed by atoms with Gasteiger partial charge >= 0.3 is 0 Å². The molecule has 2 aromatic carbocycles. The highest BCUT2D eigenvalue weighted by Gasteiger charge is 2.26. The summed E-state index contributed by atoms with van der Waals surface area (Å²) in [5.74, 6) is 0.462. The van der Waals surface area contributed by atoms with Crippen molar-refractivity contribution >= 4 is 0 Å². The maximum Gasteiger partial charge on any atom is 0.227 e. The summed E-state index contributed by atoms with van der Waals surface area (Å²) in [5, 5.41) is 0. The molecule has 1 aliphatic heterocycles. The molecule has 4 heteroatoms. The van der Waals surface area contributed by atoms with E-state index in [1.165, 1.54) is 11.6 Å². The van der Waals surface area contributed by atoms with Gasteiger partial charge in [-0.15, -0.1) is 0 Å². The Bertz CT molecular complexity index is 956. The van der Waals surface area contributed by atoms with Gasteiger partial charge in [0.25, 0.3) is 0 Å². The average Bonchev–Trinajstić information content (AvgIpc) is 2.70. The van der Waals surface area contributed by atoms with Crippen LogP contribution in [0.2, 0.25) is 0 Å². The van der Waals surface area contributed by atoms with Crippen LogP contribution in [0.15, 0.2) is 60.8 Å². The highest BCUT2D eigenvalue weighted by Crippen LogP contribution is 2.36. The van der Waals surface area contributed by atoms with Crippen LogP contribution in [-0.4, -0.2) is 0 Å². The first kappa shape index (κ1) is 17.7. The Labute approximate surface area is 159 Å². The Balaban J connectivity index is 1.70. The van der Waals surface area contributed by atoms with Crippen LogP contribution in [0.5, 0.6) is 5.75 Å². The standard InChI is InChI=1S/C23H23FNO2/c1-3-17-10-9-16(2)25(13-17)14-19-11-21(24)12-20-15-26-23(27-22(19)20)18-7-5-4-6-8-18/h4-13,23H,3,14-15H2,1-2H3/q+1/t23-/m0/s1. The van der Waals surface area contributed by atoms with Crippen molar-refractivity contribution < 1.29 is 18.4 Å². The molecule has 3 aromatic rings. The third kappa shape index (κ3) is 3.71. The van der Waals surface area contributed by atoms with Crippen molar-refractivity contribution in [3.63, 3.8) is 0 Å². The van der Waals surface area contributed by atoms with Gasteiger partial charge in [-0.05, 0) is 24.6 Å². The fourth-order valence-electron chi connectivity index (χ4n) is 3.40. The van der Waals surface area contributed by atoms with Gasteiger partial charge in [0.2, 0.25) is 6.29 Å². The van der Waals surface area contributed by atoms with E-state index in [1.807, 2.05) is 30.3 Å². The number of pyridine rings is 1. The molecule has 1 aromatic heterocycles. The van der Waals surface area contributed by atoms with E-state index in [4.69, 9.17) is 9.47 Å². The van der Waals surface area contributed by atoms with Crippen molar-refractivity contribution in [2.75, 3.05) is 0 Å². The summed E-state index contributed by atoms with van der Waals surface area (Å²) in [5.41, 5.74) is 4.90. The zero-order chi connectivity index (χ0) is 18.8. The largest absolute Gasteiger partial charge is 0.460 e. The molecule has 3 nitrogen and oxygen atoms in total. The molecule has 0 saturated heterocycles. The summed E-state index contributed by atoms with van der Waals surface area (Å²) < 4.78 is 28.3. The zero-order valence-electron chi connectivity index (χ0n) is 15.6. The molecule has 0 bridgehead atoms. The minimum absolute atomic E-state index is 0.265. The maximum atomic E-state index is 14.2. The van der Waals surface area contributed by atoms with Gasteiger partial charge in [-0.3, -0.25) is 0 Å². The van der Waals surface area contributed by atoms with Crippen LogP contribution in [0.3, 0.4) is 0 Å². The minimum Gasteiger partial charge on any atom is -0.460 e. The lowest BCUT2D eigenvalue weighted by atomic mass is 10.1. The second-order valence-corrected chi connectivity index (χ2v) is 6.88. The fourth-order valence-corrected chi connectivity index (χ4v) is 3.40. The normalized spacial score (nSPS) is 15.9. The van der Waals surface area contributed by atoms with Gasteiger partial charge in [0.1, 0.15) is 11.6 Å². The van der Waals surface area contributed by atoms with Crippen LogP contribution in [-0.2, 0) is 24.3 Å². The molecule has 4 rings (SSSR count). The highest BCUT2D eigenvalue weighted by atomic mass is 19.1. The molecule has 2 heterocycles. The fraction of sp³-hybridized carbons (Fsp3) is 0.261. The zero-order valence-corrected chi connectivity index (χ0v) is 15.6. The molecule has 0 aliphatic carbocycles. The van der Waals surface area contributed by atoms with Gasteiger partial charge in [-0.25, -0.2) is 4.39 Å². The lowest BCUT2D eigenvalue weighted by molar-refractivity contribution is -0.694. The van der Waals surface area contributed by atoms with Crippen molar-refractivity contribution in [3.8, 4) is 5.75 Å². The number of benzene rings is 2. The first-order valence-corrected chi connectivity index (χ1v) is 9.27. The van der Waals surface area contributed by atoms with Crippen molar-refractivity contribution in [1.29, 1.82) is 0 Å². The number of hydrogen-bond donors (Lipinski definition) is 0. The first-order valence-electron chi connectivity index (χ1n) is 9.27. The second-order valence-electron chi connectivity index (χ2n) is 6.88. The summed E-state index contributed by atoms with van der Waals surface area (Å²) in [4.78, 5) is 0. The Morgan fingerprint density at radius 1 is 1.11 bits per heavy atom. The van der Waals surface area contributed by atoms with Gasteiger partial charge in [0.15, 0.2) is 18.4 Å². The molecule has 0 spiro atoms. The predicted octanol–water partition coefficient (Wildman–Crippen LogP) is 4.64. The summed E-state index contributed by atoms with van der Waals surface area (Å²) in [6, 6.07) is 17.1. The number of ether oxygens (including phenoxy) is 2. The number of hydrogen-bond acceptors (Lipinski definition) is 2. The lowest BCUT2D eigenvalue weighted by Crippen LogP contribution is -2.38. The van der Waals surface area contributed by atoms with E-state index in [1.54, 1.807) is 6.07 Å². The number of aryl methyl sites for hydroxylation is 2. The monoisotopic (exact) mass is 364 g/mol. The Kier molecular flexibility index (Phi) is 4.90. The third-order valence-electron chi connectivity index (χ3n) is 4.96. The van der Waals surface area contributed by atoms with Gasteiger partial charge in [0.05, 0.1) is 12.2 Å². The van der Waals surface area contributed by atoms with Crippen molar-refractivity contribution in [1.82, 2.24) is 0 Å². The third-order valence-corrected chi connectivity index (χ3v) is 4.96. The Hall–Kier alpha value is -2.72. The predicted molar refractivity (Wildman–Crippen MR) is 101 cm³/mol. The van der Waals surface area contributed by atoms with Gasteiger partial charge in [-0.2, -0.15) is 4.57 Å². The Morgan fingerprint density at radius 2 is 1.93 bits per heavy atom. The highest BCUT2D eigenvalue weighted by molar-refractivity contribution is 5.43. The van der Waals surface area contributed by atoms with E-state index < -0.39 is 6.29 Å². The van der Waals surface area contributed by atoms with Crippen molar-refractivity contribution in [3.05, 3.63) is 94.6 Å². The summed E-state index contributed by atoms with van der Waals surface area (Å²) in [6.45, 7) is 5.07. The quantitative estimate of drug-likeness (QED) is 0.629. The van der Waals surface area contributed by atoms with Crippen LogP contribution in [0.1, 0.15) is 41.2 Å².